The van der Waals surface area contributed by atoms with Crippen molar-refractivity contribution in [1.82, 2.24) is 0 Å². The molecule has 0 aliphatic heterocycles. The Hall–Kier alpha value is -2.69. The number of methoxy groups -OCH3 is 2. The highest BCUT2D eigenvalue weighted by Crippen LogP contribution is 2.28. The quantitative estimate of drug-likeness (QED) is 0.857. The number of furan rings is 1. The molecule has 1 aromatic heterocycles. The average Bonchev–Trinajstić information content (AvgIpc) is 2.90. The lowest BCUT2D eigenvalue weighted by Crippen LogP contribution is -2.09. The van der Waals surface area contributed by atoms with Gasteiger partial charge in [-0.25, -0.2) is 0 Å². The van der Waals surface area contributed by atoms with Gasteiger partial charge in [-0.1, -0.05) is 0 Å². The predicted molar refractivity (Wildman–Crippen MR) is 80.7 cm³/mol. The number of aryl methyl sites for hydroxylation is 1. The molecular formula is C16H17NO4. The molecule has 21 heavy (non-hydrogen) atoms. The molecule has 0 unspecified atom stereocenters. The molecule has 110 valence electrons. The summed E-state index contributed by atoms with van der Waals surface area (Å²) in [6, 6.07) is 8.82. The highest BCUT2D eigenvalue weighted by molar-refractivity contribution is 6.02. The third-order valence-corrected chi connectivity index (χ3v) is 2.82. The first-order valence-electron chi connectivity index (χ1n) is 6.40. The monoisotopic (exact) mass is 287 g/mol. The predicted octanol–water partition coefficient (Wildman–Crippen LogP) is 3.26. The molecule has 0 aliphatic rings. The van der Waals surface area contributed by atoms with Gasteiger partial charge in [-0.05, 0) is 37.3 Å². The van der Waals surface area contributed by atoms with E-state index in [9.17, 15) is 4.79 Å². The van der Waals surface area contributed by atoms with Crippen molar-refractivity contribution in [2.75, 3.05) is 19.5 Å². The fourth-order valence-electron chi connectivity index (χ4n) is 1.79. The smallest absolute Gasteiger partial charge is 0.248 e. The third-order valence-electron chi connectivity index (χ3n) is 2.82. The van der Waals surface area contributed by atoms with Gasteiger partial charge < -0.3 is 19.2 Å². The molecule has 5 heteroatoms. The number of nitrogens with one attached hydrogen (secondary N) is 1. The first kappa shape index (κ1) is 14.7. The Morgan fingerprint density at radius 1 is 1.19 bits per heavy atom. The lowest BCUT2D eigenvalue weighted by Gasteiger charge is -2.10. The minimum absolute atomic E-state index is 0.282. The summed E-state index contributed by atoms with van der Waals surface area (Å²) in [6.07, 6.45) is 3.01. The second-order valence-electron chi connectivity index (χ2n) is 4.34. The van der Waals surface area contributed by atoms with Gasteiger partial charge in [0, 0.05) is 12.1 Å². The number of anilines is 1. The van der Waals surface area contributed by atoms with Gasteiger partial charge in [0.05, 0.1) is 19.9 Å². The van der Waals surface area contributed by atoms with Crippen molar-refractivity contribution < 1.29 is 18.7 Å². The standard InChI is InChI=1S/C16H17NO4/c1-11-4-5-12(21-11)7-9-16(18)17-14-10-13(19-2)6-8-15(14)20-3/h4-10H,1-3H3,(H,17,18)/b9-7+. The number of ether oxygens (including phenoxy) is 2. The number of amides is 1. The molecule has 0 bridgehead atoms. The van der Waals surface area contributed by atoms with E-state index in [0.29, 0.717) is 22.9 Å². The van der Waals surface area contributed by atoms with Crippen LogP contribution in [0.4, 0.5) is 5.69 Å². The fraction of sp³-hybridized carbons (Fsp3) is 0.188. The highest BCUT2D eigenvalue weighted by atomic mass is 16.5. The topological polar surface area (TPSA) is 60.7 Å². The van der Waals surface area contributed by atoms with E-state index in [1.54, 1.807) is 44.6 Å². The normalized spacial score (nSPS) is 10.6. The molecule has 1 amide bonds. The maximum atomic E-state index is 11.9. The number of carbonyl (C=O) groups excluding carboxylic acids is 1. The van der Waals surface area contributed by atoms with Crippen LogP contribution in [0.5, 0.6) is 11.5 Å². The molecule has 5 nitrogen and oxygen atoms in total. The zero-order valence-electron chi connectivity index (χ0n) is 12.2. The zero-order valence-corrected chi connectivity index (χ0v) is 12.2. The van der Waals surface area contributed by atoms with Gasteiger partial charge in [0.15, 0.2) is 0 Å². The van der Waals surface area contributed by atoms with Gasteiger partial charge in [0.25, 0.3) is 0 Å². The second kappa shape index (κ2) is 6.65. The Balaban J connectivity index is 2.10. The van der Waals surface area contributed by atoms with Gasteiger partial charge in [0.1, 0.15) is 23.0 Å². The summed E-state index contributed by atoms with van der Waals surface area (Å²) in [5.74, 6) is 2.34. The Labute approximate surface area is 123 Å². The number of carbonyl (C=O) groups is 1. The fourth-order valence-corrected chi connectivity index (χ4v) is 1.79. The van der Waals surface area contributed by atoms with E-state index in [1.807, 2.05) is 13.0 Å². The molecule has 2 rings (SSSR count). The molecule has 1 heterocycles. The first-order chi connectivity index (χ1) is 10.1. The maximum absolute atomic E-state index is 11.9. The summed E-state index contributed by atoms with van der Waals surface area (Å²) in [5, 5.41) is 2.74. The Morgan fingerprint density at radius 3 is 2.62 bits per heavy atom. The van der Waals surface area contributed by atoms with Gasteiger partial charge in [-0.15, -0.1) is 0 Å². The van der Waals surface area contributed by atoms with Crippen molar-refractivity contribution in [1.29, 1.82) is 0 Å². The summed E-state index contributed by atoms with van der Waals surface area (Å²) in [5.41, 5.74) is 0.544. The van der Waals surface area contributed by atoms with Crippen LogP contribution in [-0.2, 0) is 4.79 Å². The number of hydrogen-bond donors (Lipinski definition) is 1. The summed E-state index contributed by atoms with van der Waals surface area (Å²) in [6.45, 7) is 1.85. The average molecular weight is 287 g/mol. The minimum atomic E-state index is -0.282. The molecule has 0 aliphatic carbocycles. The summed E-state index contributed by atoms with van der Waals surface area (Å²) in [4.78, 5) is 11.9. The van der Waals surface area contributed by atoms with Crippen LogP contribution in [0.25, 0.3) is 6.08 Å². The zero-order chi connectivity index (χ0) is 15.2. The molecule has 0 saturated heterocycles. The van der Waals surface area contributed by atoms with Crippen molar-refractivity contribution >= 4 is 17.7 Å². The lowest BCUT2D eigenvalue weighted by atomic mass is 10.2. The van der Waals surface area contributed by atoms with Crippen molar-refractivity contribution in [3.8, 4) is 11.5 Å². The summed E-state index contributed by atoms with van der Waals surface area (Å²) >= 11 is 0. The molecule has 0 atom stereocenters. The van der Waals surface area contributed by atoms with Crippen LogP contribution in [0.2, 0.25) is 0 Å². The lowest BCUT2D eigenvalue weighted by molar-refractivity contribution is -0.111. The van der Waals surface area contributed by atoms with Crippen LogP contribution >= 0.6 is 0 Å². The van der Waals surface area contributed by atoms with E-state index < -0.39 is 0 Å². The number of rotatable bonds is 5. The molecule has 0 radical (unpaired) electrons. The molecule has 1 N–H and O–H groups in total. The van der Waals surface area contributed by atoms with E-state index in [0.717, 1.165) is 5.76 Å². The van der Waals surface area contributed by atoms with Gasteiger partial charge in [-0.3, -0.25) is 4.79 Å². The van der Waals surface area contributed by atoms with Gasteiger partial charge >= 0.3 is 0 Å². The van der Waals surface area contributed by atoms with E-state index >= 15 is 0 Å². The molecule has 0 spiro atoms. The van der Waals surface area contributed by atoms with Crippen molar-refractivity contribution in [3.05, 3.63) is 47.9 Å². The van der Waals surface area contributed by atoms with Crippen LogP contribution < -0.4 is 14.8 Å². The second-order valence-corrected chi connectivity index (χ2v) is 4.34. The van der Waals surface area contributed by atoms with Crippen molar-refractivity contribution in [3.63, 3.8) is 0 Å². The van der Waals surface area contributed by atoms with E-state index in [4.69, 9.17) is 13.9 Å². The van der Waals surface area contributed by atoms with E-state index in [-0.39, 0.29) is 5.91 Å². The van der Waals surface area contributed by atoms with Crippen molar-refractivity contribution in [2.45, 2.75) is 6.92 Å². The van der Waals surface area contributed by atoms with Crippen LogP contribution in [0.15, 0.2) is 40.8 Å². The third kappa shape index (κ3) is 3.89. The summed E-state index contributed by atoms with van der Waals surface area (Å²) in [7, 11) is 3.10. The van der Waals surface area contributed by atoms with Crippen LogP contribution in [-0.4, -0.2) is 20.1 Å². The molecule has 0 saturated carbocycles. The molecular weight excluding hydrogens is 270 g/mol. The molecule has 0 fully saturated rings. The number of benzene rings is 1. The molecule has 2 aromatic rings. The first-order valence-corrected chi connectivity index (χ1v) is 6.40. The van der Waals surface area contributed by atoms with E-state index in [2.05, 4.69) is 5.32 Å². The van der Waals surface area contributed by atoms with Crippen LogP contribution in [0, 0.1) is 6.92 Å². The summed E-state index contributed by atoms with van der Waals surface area (Å²) < 4.78 is 15.7. The van der Waals surface area contributed by atoms with Crippen LogP contribution in [0.3, 0.4) is 0 Å². The van der Waals surface area contributed by atoms with Gasteiger partial charge in [0.2, 0.25) is 5.91 Å². The maximum Gasteiger partial charge on any atom is 0.248 e. The van der Waals surface area contributed by atoms with Crippen LogP contribution in [0.1, 0.15) is 11.5 Å². The highest BCUT2D eigenvalue weighted by Gasteiger charge is 2.07. The largest absolute Gasteiger partial charge is 0.497 e. The Bertz CT molecular complexity index is 658. The van der Waals surface area contributed by atoms with E-state index in [1.165, 1.54) is 6.08 Å². The Morgan fingerprint density at radius 2 is 2.00 bits per heavy atom. The van der Waals surface area contributed by atoms with Crippen molar-refractivity contribution in [2.24, 2.45) is 0 Å². The van der Waals surface area contributed by atoms with Gasteiger partial charge in [-0.2, -0.15) is 0 Å². The number of hydrogen-bond acceptors (Lipinski definition) is 4. The SMILES string of the molecule is COc1ccc(OC)c(NC(=O)/C=C/c2ccc(C)o2)c1. The minimum Gasteiger partial charge on any atom is -0.497 e. The molecule has 1 aromatic carbocycles. The Kier molecular flexibility index (Phi) is 4.66.